The second-order valence-corrected chi connectivity index (χ2v) is 9.92. The Morgan fingerprint density at radius 3 is 2.57 bits per heavy atom. The summed E-state index contributed by atoms with van der Waals surface area (Å²) in [6.07, 6.45) is 1.39. The molecule has 0 saturated carbocycles. The number of aliphatic hydroxyl groups excluding tert-OH is 1. The maximum Gasteiger partial charge on any atom is 0.309 e. The summed E-state index contributed by atoms with van der Waals surface area (Å²) in [5, 5.41) is 20.4. The molecular weight excluding hydrogens is 492 g/mol. The maximum atomic E-state index is 13.0. The molecule has 2 rings (SSSR count). The van der Waals surface area contributed by atoms with Gasteiger partial charge < -0.3 is 25.8 Å². The highest BCUT2D eigenvalue weighted by Gasteiger charge is 2.32. The van der Waals surface area contributed by atoms with Crippen molar-refractivity contribution in [3.63, 3.8) is 0 Å². The van der Waals surface area contributed by atoms with Gasteiger partial charge in [-0.2, -0.15) is 12.6 Å². The highest BCUT2D eigenvalue weighted by molar-refractivity contribution is 7.80. The molecule has 0 unspecified atom stereocenters. The average Bonchev–Trinajstić information content (AvgIpc) is 3.28. The number of ether oxygens (including phenoxy) is 1. The number of nitrogens with one attached hydrogen (secondary N) is 3. The normalized spacial score (nSPS) is 27.5. The van der Waals surface area contributed by atoms with Crippen LogP contribution in [0.3, 0.4) is 0 Å². The van der Waals surface area contributed by atoms with Crippen molar-refractivity contribution in [1.82, 2.24) is 20.9 Å². The number of carbonyl (C=O) groups excluding carboxylic acids is 4. The lowest BCUT2D eigenvalue weighted by atomic mass is 9.96. The maximum absolute atomic E-state index is 13.0. The van der Waals surface area contributed by atoms with E-state index in [4.69, 9.17) is 4.74 Å². The quantitative estimate of drug-likeness (QED) is 0.209. The Labute approximate surface area is 214 Å². The lowest BCUT2D eigenvalue weighted by Crippen LogP contribution is -2.56. The van der Waals surface area contributed by atoms with Crippen LogP contribution in [0.5, 0.6) is 0 Å². The molecule has 0 radical (unpaired) electrons. The van der Waals surface area contributed by atoms with Gasteiger partial charge in [-0.1, -0.05) is 19.9 Å². The van der Waals surface area contributed by atoms with Crippen LogP contribution >= 0.6 is 24.0 Å². The number of aromatic nitrogens is 1. The fourth-order valence-corrected chi connectivity index (χ4v) is 4.28. The minimum absolute atomic E-state index is 0.128. The first-order chi connectivity index (χ1) is 16.6. The first-order valence-electron chi connectivity index (χ1n) is 11.5. The van der Waals surface area contributed by atoms with Gasteiger partial charge in [0.05, 0.1) is 36.2 Å². The Balaban J connectivity index is 2.33. The van der Waals surface area contributed by atoms with Crippen LogP contribution in [-0.2, 0) is 30.3 Å². The van der Waals surface area contributed by atoms with Crippen molar-refractivity contribution in [3.8, 4) is 0 Å². The second kappa shape index (κ2) is 14.2. The van der Waals surface area contributed by atoms with Crippen molar-refractivity contribution in [2.24, 2.45) is 5.92 Å². The van der Waals surface area contributed by atoms with E-state index in [0.29, 0.717) is 17.9 Å². The standard InChI is InChI=1S/C23H34N4O6S2/c1-13(2)21-18(28)10-20(30)33-16(6-4-5-7-34)9-19(29)26-17(8-15-11-35-12-24-15)23(32)25-14(3)22(31)27-21/h4,6,11-14,16-18,21,28,34H,5,7-10H2,1-3H3,(H,25,32)(H,26,29)(H,27,31)/t14-,16-,17-,18+,21-/m1/s1. The predicted octanol–water partition coefficient (Wildman–Crippen LogP) is 0.759. The summed E-state index contributed by atoms with van der Waals surface area (Å²) in [5.74, 6) is -1.92. The van der Waals surface area contributed by atoms with Crippen molar-refractivity contribution < 1.29 is 29.0 Å². The molecule has 3 amide bonds. The number of aliphatic hydroxyl groups is 1. The van der Waals surface area contributed by atoms with E-state index in [0.717, 1.165) is 0 Å². The van der Waals surface area contributed by atoms with Gasteiger partial charge in [-0.25, -0.2) is 4.98 Å². The van der Waals surface area contributed by atoms with Gasteiger partial charge in [0, 0.05) is 11.8 Å². The van der Waals surface area contributed by atoms with Gasteiger partial charge >= 0.3 is 5.97 Å². The number of cyclic esters (lactones) is 1. The topological polar surface area (TPSA) is 147 Å². The van der Waals surface area contributed by atoms with E-state index < -0.39 is 54.0 Å². The lowest BCUT2D eigenvalue weighted by Gasteiger charge is -2.28. The highest BCUT2D eigenvalue weighted by atomic mass is 32.1. The smallest absolute Gasteiger partial charge is 0.309 e. The molecule has 1 saturated heterocycles. The van der Waals surface area contributed by atoms with E-state index in [1.54, 1.807) is 36.9 Å². The van der Waals surface area contributed by atoms with Crippen LogP contribution in [0, 0.1) is 5.92 Å². The van der Waals surface area contributed by atoms with E-state index in [1.165, 1.54) is 18.3 Å². The molecule has 10 nitrogen and oxygen atoms in total. The molecule has 1 aromatic heterocycles. The number of hydrogen-bond donors (Lipinski definition) is 5. The number of esters is 1. The molecule has 5 atom stereocenters. The predicted molar refractivity (Wildman–Crippen MR) is 135 cm³/mol. The fraction of sp³-hybridized carbons (Fsp3) is 0.609. The molecule has 0 aliphatic carbocycles. The van der Waals surface area contributed by atoms with Gasteiger partial charge in [-0.3, -0.25) is 19.2 Å². The summed E-state index contributed by atoms with van der Waals surface area (Å²) in [6, 6.07) is -2.68. The van der Waals surface area contributed by atoms with Crippen molar-refractivity contribution in [2.45, 2.75) is 76.8 Å². The SMILES string of the molecule is CC(C)[C@H]1NC(=O)[C@@H](C)NC(=O)[C@@H](Cc2cscn2)NC(=O)C[C@@H](C=CCCS)OC(=O)C[C@@H]1O. The molecule has 1 fully saturated rings. The molecule has 35 heavy (non-hydrogen) atoms. The minimum atomic E-state index is -1.22. The Morgan fingerprint density at radius 1 is 1.20 bits per heavy atom. The second-order valence-electron chi connectivity index (χ2n) is 8.76. The number of thiazole rings is 1. The number of rotatable bonds is 6. The molecule has 4 N–H and O–H groups in total. The fourth-order valence-electron chi connectivity index (χ4n) is 3.55. The Kier molecular flexibility index (Phi) is 11.7. The summed E-state index contributed by atoms with van der Waals surface area (Å²) in [7, 11) is 0. The van der Waals surface area contributed by atoms with Crippen molar-refractivity contribution in [2.75, 3.05) is 5.75 Å². The zero-order chi connectivity index (χ0) is 26.0. The summed E-state index contributed by atoms with van der Waals surface area (Å²) >= 11 is 5.51. The van der Waals surface area contributed by atoms with Crippen LogP contribution in [0.2, 0.25) is 0 Å². The Bertz CT molecular complexity index is 893. The van der Waals surface area contributed by atoms with Crippen molar-refractivity contribution in [3.05, 3.63) is 28.7 Å². The number of allylic oxidation sites excluding steroid dienone is 1. The monoisotopic (exact) mass is 526 g/mol. The number of thiol groups is 1. The lowest BCUT2D eigenvalue weighted by molar-refractivity contribution is -0.151. The molecule has 0 bridgehead atoms. The van der Waals surface area contributed by atoms with E-state index in [9.17, 15) is 24.3 Å². The van der Waals surface area contributed by atoms with Gasteiger partial charge in [-0.05, 0) is 31.1 Å². The van der Waals surface area contributed by atoms with Crippen LogP contribution in [0.15, 0.2) is 23.0 Å². The molecule has 194 valence electrons. The van der Waals surface area contributed by atoms with Crippen molar-refractivity contribution >= 4 is 47.7 Å². The highest BCUT2D eigenvalue weighted by Crippen LogP contribution is 2.14. The third kappa shape index (κ3) is 9.61. The summed E-state index contributed by atoms with van der Waals surface area (Å²) in [6.45, 7) is 5.10. The number of hydrogen-bond acceptors (Lipinski definition) is 9. The molecule has 1 aliphatic heterocycles. The van der Waals surface area contributed by atoms with Crippen LogP contribution < -0.4 is 16.0 Å². The zero-order valence-corrected chi connectivity index (χ0v) is 21.8. The zero-order valence-electron chi connectivity index (χ0n) is 20.1. The molecule has 0 aromatic carbocycles. The first kappa shape index (κ1) is 28.8. The van der Waals surface area contributed by atoms with E-state index in [1.807, 2.05) is 0 Å². The molecule has 12 heteroatoms. The third-order valence-electron chi connectivity index (χ3n) is 5.43. The number of amides is 3. The van der Waals surface area contributed by atoms with Crippen LogP contribution in [0.4, 0.5) is 0 Å². The molecule has 1 aliphatic rings. The van der Waals surface area contributed by atoms with E-state index >= 15 is 0 Å². The van der Waals surface area contributed by atoms with E-state index in [-0.39, 0.29) is 25.2 Å². The Hall–Kier alpha value is -2.44. The molecule has 2 heterocycles. The molecule has 0 spiro atoms. The Morgan fingerprint density at radius 2 is 1.94 bits per heavy atom. The van der Waals surface area contributed by atoms with Gasteiger partial charge in [0.1, 0.15) is 18.2 Å². The van der Waals surface area contributed by atoms with Gasteiger partial charge in [0.25, 0.3) is 0 Å². The van der Waals surface area contributed by atoms with Crippen molar-refractivity contribution in [1.29, 1.82) is 0 Å². The first-order valence-corrected chi connectivity index (χ1v) is 13.1. The van der Waals surface area contributed by atoms with Gasteiger partial charge in [0.2, 0.25) is 17.7 Å². The summed E-state index contributed by atoms with van der Waals surface area (Å²) < 4.78 is 5.46. The van der Waals surface area contributed by atoms with Gasteiger partial charge in [-0.15, -0.1) is 11.3 Å². The number of carbonyl (C=O) groups is 4. The largest absolute Gasteiger partial charge is 0.457 e. The average molecular weight is 527 g/mol. The molecule has 1 aromatic rings. The van der Waals surface area contributed by atoms with Crippen LogP contribution in [0.1, 0.15) is 45.7 Å². The minimum Gasteiger partial charge on any atom is -0.457 e. The summed E-state index contributed by atoms with van der Waals surface area (Å²) in [5.41, 5.74) is 2.24. The van der Waals surface area contributed by atoms with E-state index in [2.05, 4.69) is 33.6 Å². The molecular formula is C23H34N4O6S2. The summed E-state index contributed by atoms with van der Waals surface area (Å²) in [4.78, 5) is 55.4. The van der Waals surface area contributed by atoms with Crippen LogP contribution in [0.25, 0.3) is 0 Å². The number of nitrogens with zero attached hydrogens (tertiary/aromatic N) is 1. The van der Waals surface area contributed by atoms with Gasteiger partial charge in [0.15, 0.2) is 0 Å². The third-order valence-corrected chi connectivity index (χ3v) is 6.33. The van der Waals surface area contributed by atoms with Crippen LogP contribution in [-0.4, -0.2) is 69.9 Å².